The number of nitrogens with one attached hydrogen (secondary N) is 1. The van der Waals surface area contributed by atoms with Crippen molar-refractivity contribution >= 4 is 18.8 Å². The van der Waals surface area contributed by atoms with Crippen LogP contribution in [0.2, 0.25) is 0 Å². The molecule has 0 fully saturated rings. The average molecular weight is 217 g/mol. The van der Waals surface area contributed by atoms with Gasteiger partial charge in [0.15, 0.2) is 0 Å². The first kappa shape index (κ1) is 13.0. The fourth-order valence-electron chi connectivity index (χ4n) is 0.753. The standard InChI is InChI=1S/C6H11N2.C2H5NO2S/c1-3-8-5-4-7(2)6-8;4-2(5)1-3-6/h4-6H,3H2,1-2H3;3,6H,1H2,(H,4,5)/q+1;/p-1. The number of aryl methyl sites for hydroxylation is 2. The first-order valence-electron chi connectivity index (χ1n) is 4.18. The van der Waals surface area contributed by atoms with Crippen LogP contribution < -0.4 is 14.4 Å². The number of aromatic nitrogens is 2. The Morgan fingerprint density at radius 1 is 1.71 bits per heavy atom. The Morgan fingerprint density at radius 3 is 2.50 bits per heavy atom. The molecule has 1 aromatic heterocycles. The summed E-state index contributed by atoms with van der Waals surface area (Å²) in [6.07, 6.45) is 6.14. The fourth-order valence-corrected chi connectivity index (χ4v) is 0.882. The number of rotatable bonds is 3. The van der Waals surface area contributed by atoms with E-state index >= 15 is 0 Å². The molecule has 0 aromatic carbocycles. The molecule has 1 rings (SSSR count). The van der Waals surface area contributed by atoms with Gasteiger partial charge in [-0.15, -0.1) is 0 Å². The third-order valence-electron chi connectivity index (χ3n) is 1.41. The van der Waals surface area contributed by atoms with Crippen LogP contribution in [0.4, 0.5) is 0 Å². The Kier molecular flexibility index (Phi) is 6.87. The molecular weight excluding hydrogens is 202 g/mol. The summed E-state index contributed by atoms with van der Waals surface area (Å²) < 4.78 is 6.26. The quantitative estimate of drug-likeness (QED) is 0.479. The molecule has 14 heavy (non-hydrogen) atoms. The average Bonchev–Trinajstić information content (AvgIpc) is 2.52. The van der Waals surface area contributed by atoms with Crippen LogP contribution in [0.15, 0.2) is 18.7 Å². The van der Waals surface area contributed by atoms with Crippen molar-refractivity contribution < 1.29 is 14.5 Å². The van der Waals surface area contributed by atoms with E-state index in [9.17, 15) is 9.90 Å². The monoisotopic (exact) mass is 217 g/mol. The second-order valence-corrected chi connectivity index (χ2v) is 2.93. The zero-order chi connectivity index (χ0) is 11.0. The third-order valence-corrected chi connectivity index (χ3v) is 1.57. The zero-order valence-electron chi connectivity index (χ0n) is 8.30. The molecule has 0 aliphatic rings. The van der Waals surface area contributed by atoms with E-state index in [-0.39, 0.29) is 6.54 Å². The summed E-state index contributed by atoms with van der Waals surface area (Å²) in [4.78, 5) is 9.38. The van der Waals surface area contributed by atoms with Crippen LogP contribution in [-0.2, 0) is 18.4 Å². The summed E-state index contributed by atoms with van der Waals surface area (Å²) in [7, 11) is 2.02. The molecule has 0 saturated heterocycles. The number of hydrogen-bond donors (Lipinski definition) is 2. The molecule has 0 aliphatic carbocycles. The largest absolute Gasteiger partial charge is 0.549 e. The predicted molar refractivity (Wildman–Crippen MR) is 53.3 cm³/mol. The first-order valence-corrected chi connectivity index (χ1v) is 4.62. The molecule has 1 heterocycles. The molecule has 6 heteroatoms. The molecule has 1 N–H and O–H groups in total. The lowest BCUT2D eigenvalue weighted by molar-refractivity contribution is -0.671. The molecule has 80 valence electrons. The molecule has 1 aromatic rings. The van der Waals surface area contributed by atoms with Gasteiger partial charge in [-0.25, -0.2) is 9.13 Å². The minimum Gasteiger partial charge on any atom is -0.549 e. The number of carbonyl (C=O) groups excluding carboxylic acids is 1. The number of aliphatic carboxylic acids is 1. The first-order chi connectivity index (χ1) is 6.60. The highest BCUT2D eigenvalue weighted by atomic mass is 32.1. The maximum absolute atomic E-state index is 9.38. The van der Waals surface area contributed by atoms with Crippen molar-refractivity contribution in [2.24, 2.45) is 7.05 Å². The van der Waals surface area contributed by atoms with Crippen LogP contribution in [0, 0.1) is 0 Å². The van der Waals surface area contributed by atoms with Gasteiger partial charge in [-0.05, 0) is 6.92 Å². The highest BCUT2D eigenvalue weighted by Gasteiger charge is 1.92. The molecule has 0 spiro atoms. The summed E-state index contributed by atoms with van der Waals surface area (Å²) >= 11 is 3.39. The minimum atomic E-state index is -1.15. The van der Waals surface area contributed by atoms with E-state index in [0.29, 0.717) is 0 Å². The van der Waals surface area contributed by atoms with Crippen molar-refractivity contribution in [3.63, 3.8) is 0 Å². The Balaban J connectivity index is 0.000000255. The summed E-state index contributed by atoms with van der Waals surface area (Å²) in [6, 6.07) is 0. The number of thiol groups is 1. The van der Waals surface area contributed by atoms with Gasteiger partial charge < -0.3 is 9.90 Å². The Bertz CT molecular complexity index is 275. The molecule has 0 aliphatic heterocycles. The van der Waals surface area contributed by atoms with Crippen LogP contribution in [0.1, 0.15) is 6.92 Å². The summed E-state index contributed by atoms with van der Waals surface area (Å²) in [5.74, 6) is -1.15. The smallest absolute Gasteiger partial charge is 0.243 e. The minimum absolute atomic E-state index is 0.205. The van der Waals surface area contributed by atoms with Crippen LogP contribution in [0.5, 0.6) is 0 Å². The summed E-state index contributed by atoms with van der Waals surface area (Å²) in [5.41, 5.74) is 0. The van der Waals surface area contributed by atoms with E-state index in [0.717, 1.165) is 6.54 Å². The molecule has 0 unspecified atom stereocenters. The highest BCUT2D eigenvalue weighted by molar-refractivity contribution is 7.78. The summed E-state index contributed by atoms with van der Waals surface area (Å²) in [5, 5.41) is 9.38. The Morgan fingerprint density at radius 2 is 2.36 bits per heavy atom. The SMILES string of the molecule is CCn1cc[n+](C)c1.O=C([O-])CNS. The molecule has 0 amide bonds. The molecular formula is C8H15N3O2S. The van der Waals surface area contributed by atoms with E-state index < -0.39 is 5.97 Å². The molecule has 0 radical (unpaired) electrons. The van der Waals surface area contributed by atoms with Gasteiger partial charge in [0.1, 0.15) is 12.4 Å². The van der Waals surface area contributed by atoms with Gasteiger partial charge in [-0.2, -0.15) is 0 Å². The molecule has 5 nitrogen and oxygen atoms in total. The molecule has 0 atom stereocenters. The van der Waals surface area contributed by atoms with E-state index in [1.54, 1.807) is 0 Å². The maximum Gasteiger partial charge on any atom is 0.243 e. The predicted octanol–water partition coefficient (Wildman–Crippen LogP) is -1.50. The van der Waals surface area contributed by atoms with Gasteiger partial charge in [0.05, 0.1) is 19.6 Å². The second-order valence-electron chi connectivity index (χ2n) is 2.62. The highest BCUT2D eigenvalue weighted by Crippen LogP contribution is 1.79. The summed E-state index contributed by atoms with van der Waals surface area (Å²) in [6.45, 7) is 2.98. The van der Waals surface area contributed by atoms with Crippen molar-refractivity contribution in [2.45, 2.75) is 13.5 Å². The zero-order valence-corrected chi connectivity index (χ0v) is 9.20. The van der Waals surface area contributed by atoms with Crippen molar-refractivity contribution in [1.29, 1.82) is 0 Å². The number of nitrogens with zero attached hydrogens (tertiary/aromatic N) is 2. The van der Waals surface area contributed by atoms with Crippen LogP contribution >= 0.6 is 12.8 Å². The van der Waals surface area contributed by atoms with Crippen LogP contribution in [0.3, 0.4) is 0 Å². The lowest BCUT2D eigenvalue weighted by Crippen LogP contribution is -2.30. The number of carbonyl (C=O) groups is 1. The van der Waals surface area contributed by atoms with Crippen molar-refractivity contribution in [1.82, 2.24) is 9.29 Å². The number of hydrogen-bond acceptors (Lipinski definition) is 4. The number of carboxylic acids is 1. The van der Waals surface area contributed by atoms with Gasteiger partial charge in [0, 0.05) is 6.54 Å². The lowest BCUT2D eigenvalue weighted by Gasteiger charge is -1.94. The van der Waals surface area contributed by atoms with Crippen LogP contribution in [-0.4, -0.2) is 17.1 Å². The Hall–Kier alpha value is -1.01. The topological polar surface area (TPSA) is 61.0 Å². The van der Waals surface area contributed by atoms with Gasteiger partial charge in [0.25, 0.3) is 0 Å². The van der Waals surface area contributed by atoms with Gasteiger partial charge in [-0.1, -0.05) is 12.8 Å². The fraction of sp³-hybridized carbons (Fsp3) is 0.500. The molecule has 0 saturated carbocycles. The lowest BCUT2D eigenvalue weighted by atomic mass is 10.7. The van der Waals surface area contributed by atoms with Gasteiger partial charge >= 0.3 is 0 Å². The van der Waals surface area contributed by atoms with E-state index in [1.165, 1.54) is 0 Å². The van der Waals surface area contributed by atoms with Crippen LogP contribution in [0.25, 0.3) is 0 Å². The molecule has 0 bridgehead atoms. The maximum atomic E-state index is 9.38. The number of carboxylic acid groups (broad SMARTS) is 1. The van der Waals surface area contributed by atoms with Gasteiger partial charge in [-0.3, -0.25) is 4.72 Å². The van der Waals surface area contributed by atoms with Gasteiger partial charge in [0.2, 0.25) is 6.33 Å². The third kappa shape index (κ3) is 6.50. The van der Waals surface area contributed by atoms with Crippen molar-refractivity contribution in [3.05, 3.63) is 18.7 Å². The second kappa shape index (κ2) is 7.40. The van der Waals surface area contributed by atoms with Crippen molar-refractivity contribution in [2.75, 3.05) is 6.54 Å². The Labute approximate surface area is 88.9 Å². The van der Waals surface area contributed by atoms with E-state index in [4.69, 9.17) is 0 Å². The van der Waals surface area contributed by atoms with E-state index in [1.807, 2.05) is 17.8 Å². The normalized spacial score (nSPS) is 9.07. The number of imidazole rings is 1. The van der Waals surface area contributed by atoms with Crippen molar-refractivity contribution in [3.8, 4) is 0 Å². The van der Waals surface area contributed by atoms with E-state index in [2.05, 4.69) is 41.6 Å².